The number of nitrogens with one attached hydrogen (secondary N) is 3. The first-order valence-corrected chi connectivity index (χ1v) is 17.2. The fourth-order valence-corrected chi connectivity index (χ4v) is 5.26. The maximum Gasteiger partial charge on any atom is 0.490 e. The molecular weight excluding hydrogens is 869 g/mol. The molecule has 61 heavy (non-hydrogen) atoms. The number of carboxylic acid groups (broad SMARTS) is 3. The summed E-state index contributed by atoms with van der Waals surface area (Å²) in [6.07, 6.45) is -4.44. The van der Waals surface area contributed by atoms with Gasteiger partial charge >= 0.3 is 36.4 Å². The Morgan fingerprint density at radius 1 is 0.820 bits per heavy atom. The molecule has 5 heterocycles. The van der Waals surface area contributed by atoms with Gasteiger partial charge in [-0.2, -0.15) is 44.5 Å². The highest BCUT2D eigenvalue weighted by Gasteiger charge is 2.39. The average Bonchev–Trinajstić information content (AvgIpc) is 3.81. The Morgan fingerprint density at radius 2 is 1.43 bits per heavy atom. The molecule has 330 valence electrons. The Bertz CT molecular complexity index is 2160. The summed E-state index contributed by atoms with van der Waals surface area (Å²) >= 11 is 6.37. The number of anilines is 5. The van der Waals surface area contributed by atoms with E-state index in [-0.39, 0.29) is 17.7 Å². The second-order valence-corrected chi connectivity index (χ2v) is 13.0. The molecule has 4 aromatic rings. The van der Waals surface area contributed by atoms with Crippen molar-refractivity contribution in [2.24, 2.45) is 13.0 Å². The minimum absolute atomic E-state index is 0.0538. The van der Waals surface area contributed by atoms with Crippen LogP contribution in [0.15, 0.2) is 55.4 Å². The lowest BCUT2D eigenvalue weighted by Crippen LogP contribution is -2.30. The molecule has 17 nitrogen and oxygen atoms in total. The molecule has 27 heteroatoms. The molecular formula is C34H31ClF9N9O8. The fourth-order valence-electron chi connectivity index (χ4n) is 5.13. The van der Waals surface area contributed by atoms with E-state index in [0.29, 0.717) is 48.4 Å². The normalized spacial score (nSPS) is 14.5. The molecule has 0 radical (unpaired) electrons. The number of alkyl halides is 9. The van der Waals surface area contributed by atoms with Gasteiger partial charge in [0.05, 0.1) is 30.6 Å². The van der Waals surface area contributed by atoms with E-state index in [1.165, 1.54) is 0 Å². The van der Waals surface area contributed by atoms with Crippen LogP contribution < -0.4 is 16.0 Å². The smallest absolute Gasteiger partial charge is 0.475 e. The number of likely N-dealkylation sites (tertiary alicyclic amines) is 1. The number of fused-ring (bicyclic) bond motifs is 6. The molecule has 6 N–H and O–H groups in total. The average molecular weight is 900 g/mol. The number of pyridine rings is 1. The Kier molecular flexibility index (Phi) is 16.3. The van der Waals surface area contributed by atoms with Gasteiger partial charge in [0.25, 0.3) is 5.91 Å². The van der Waals surface area contributed by atoms with E-state index in [9.17, 15) is 49.1 Å². The van der Waals surface area contributed by atoms with Crippen LogP contribution in [0.2, 0.25) is 5.02 Å². The molecule has 0 aliphatic carbocycles. The van der Waals surface area contributed by atoms with Crippen molar-refractivity contribution in [3.05, 3.63) is 77.2 Å². The zero-order valence-corrected chi connectivity index (χ0v) is 31.6. The van der Waals surface area contributed by atoms with Gasteiger partial charge in [-0.25, -0.2) is 24.4 Å². The number of benzene rings is 1. The number of imidazole rings is 1. The Balaban J connectivity index is 0.000000390. The van der Waals surface area contributed by atoms with Gasteiger partial charge in [0.2, 0.25) is 11.9 Å². The van der Waals surface area contributed by atoms with Crippen LogP contribution in [0.25, 0.3) is 0 Å². The Labute approximate surface area is 341 Å². The quantitative estimate of drug-likeness (QED) is 0.124. The van der Waals surface area contributed by atoms with E-state index in [4.69, 9.17) is 41.3 Å². The summed E-state index contributed by atoms with van der Waals surface area (Å²) in [5.74, 6) is -7.43. The van der Waals surface area contributed by atoms with E-state index in [2.05, 4.69) is 35.9 Å². The molecule has 1 fully saturated rings. The lowest BCUT2D eigenvalue weighted by Gasteiger charge is -2.17. The van der Waals surface area contributed by atoms with Crippen molar-refractivity contribution in [3.8, 4) is 0 Å². The number of hydrogen-bond acceptors (Lipinski definition) is 11. The van der Waals surface area contributed by atoms with E-state index in [0.717, 1.165) is 41.0 Å². The van der Waals surface area contributed by atoms with Gasteiger partial charge in [0.1, 0.15) is 10.7 Å². The molecule has 0 spiro atoms. The number of amides is 2. The fraction of sp³-hybridized carbons (Fsp3) is 0.324. The number of aromatic nitrogens is 5. The highest BCUT2D eigenvalue weighted by molar-refractivity contribution is 6.32. The second-order valence-electron chi connectivity index (χ2n) is 12.6. The topological polar surface area (TPSA) is 242 Å². The molecule has 1 saturated heterocycles. The van der Waals surface area contributed by atoms with Crippen molar-refractivity contribution in [3.63, 3.8) is 0 Å². The number of halogens is 10. The molecule has 0 saturated carbocycles. The number of hydrogen-bond donors (Lipinski definition) is 6. The number of aryl methyl sites for hydroxylation is 3. The van der Waals surface area contributed by atoms with Gasteiger partial charge < -0.3 is 40.7 Å². The van der Waals surface area contributed by atoms with Gasteiger partial charge in [-0.1, -0.05) is 11.6 Å². The van der Waals surface area contributed by atoms with Crippen molar-refractivity contribution in [2.45, 2.75) is 44.2 Å². The zero-order chi connectivity index (χ0) is 45.9. The molecule has 2 aliphatic rings. The predicted octanol–water partition coefficient (Wildman–Crippen LogP) is 6.24. The Morgan fingerprint density at radius 3 is 1.98 bits per heavy atom. The van der Waals surface area contributed by atoms with Gasteiger partial charge in [0.15, 0.2) is 5.82 Å². The highest BCUT2D eigenvalue weighted by atomic mass is 35.5. The number of carboxylic acids is 3. The highest BCUT2D eigenvalue weighted by Crippen LogP contribution is 2.30. The molecule has 0 unspecified atom stereocenters. The third-order valence-electron chi connectivity index (χ3n) is 7.93. The van der Waals surface area contributed by atoms with Gasteiger partial charge in [-0.3, -0.25) is 14.6 Å². The van der Waals surface area contributed by atoms with Gasteiger partial charge in [-0.05, 0) is 60.6 Å². The Hall–Kier alpha value is -6.73. The first-order valence-electron chi connectivity index (χ1n) is 16.8. The summed E-state index contributed by atoms with van der Waals surface area (Å²) in [5.41, 5.74) is 4.89. The number of carbonyl (C=O) groups excluding carboxylic acids is 2. The van der Waals surface area contributed by atoms with Crippen molar-refractivity contribution in [1.29, 1.82) is 0 Å². The molecule has 6 bridgehead atoms. The minimum Gasteiger partial charge on any atom is -0.475 e. The molecule has 3 aromatic heterocycles. The lowest BCUT2D eigenvalue weighted by molar-refractivity contribution is -0.193. The van der Waals surface area contributed by atoms with Crippen molar-refractivity contribution in [2.75, 3.05) is 29.0 Å². The molecule has 2 aliphatic heterocycles. The van der Waals surface area contributed by atoms with Crippen molar-refractivity contribution < 1.29 is 78.8 Å². The number of carbonyl (C=O) groups is 5. The largest absolute Gasteiger partial charge is 0.490 e. The minimum atomic E-state index is -5.08. The van der Waals surface area contributed by atoms with Crippen LogP contribution in [0.3, 0.4) is 0 Å². The monoisotopic (exact) mass is 899 g/mol. The molecule has 1 aromatic carbocycles. The van der Waals surface area contributed by atoms with Crippen molar-refractivity contribution >= 4 is 70.2 Å². The van der Waals surface area contributed by atoms with Gasteiger partial charge in [0, 0.05) is 44.1 Å². The predicted molar refractivity (Wildman–Crippen MR) is 193 cm³/mol. The van der Waals surface area contributed by atoms with Crippen LogP contribution in [0.4, 0.5) is 68.3 Å². The van der Waals surface area contributed by atoms with Crippen LogP contribution in [0, 0.1) is 5.92 Å². The number of nitrogens with zero attached hydrogens (tertiary/aromatic N) is 6. The van der Waals surface area contributed by atoms with E-state index in [1.807, 2.05) is 30.5 Å². The number of rotatable bonds is 4. The summed E-state index contributed by atoms with van der Waals surface area (Å²) in [6, 6.07) is 7.79. The summed E-state index contributed by atoms with van der Waals surface area (Å²) in [5, 5.41) is 31.3. The summed E-state index contributed by atoms with van der Waals surface area (Å²) in [7, 11) is 1.80. The maximum atomic E-state index is 13.1. The summed E-state index contributed by atoms with van der Waals surface area (Å²) in [4.78, 5) is 71.6. The third-order valence-corrected chi connectivity index (χ3v) is 8.21. The summed E-state index contributed by atoms with van der Waals surface area (Å²) < 4.78 is 96.9. The van der Waals surface area contributed by atoms with E-state index < -0.39 is 36.4 Å². The molecule has 6 rings (SSSR count). The van der Waals surface area contributed by atoms with Crippen LogP contribution in [-0.4, -0.2) is 106 Å². The van der Waals surface area contributed by atoms with E-state index >= 15 is 0 Å². The van der Waals surface area contributed by atoms with Crippen LogP contribution in [0.1, 0.15) is 34.5 Å². The standard InChI is InChI=1S/C28H28ClN9O2.3C2HF3O2/c1-37-16-31-14-24(37)27(40)38-7-6-18(15-38)9-25(39)35-23-5-4-20-10-19(23)3-2-17-8-21(12-30-11-17)34-28-32-13-22(29)26(33-20)36-28;3*3-2(4,5)1(6)7/h4-5,8,10-14,16,18H,2-3,6-7,9,15H2,1H3,(H,35,39)(H2,32,33,34,36);3*(H,6,7)/t18-;;;/m0.../s1. The molecule has 2 amide bonds. The van der Waals surface area contributed by atoms with E-state index in [1.54, 1.807) is 41.4 Å². The first kappa shape index (κ1) is 48.6. The van der Waals surface area contributed by atoms with Crippen LogP contribution in [0.5, 0.6) is 0 Å². The SMILES string of the molecule is Cn1cncc1C(=O)N1CC[C@@H](CC(=O)Nc2ccc3cc2CCc2cncc(c2)Nc2ncc(Cl)c(n2)N3)C1.O=C(O)C(F)(F)F.O=C(O)C(F)(F)F.O=C(O)C(F)(F)F. The number of aliphatic carboxylic acids is 3. The molecule has 1 atom stereocenters. The van der Waals surface area contributed by atoms with Crippen LogP contribution >= 0.6 is 11.6 Å². The lowest BCUT2D eigenvalue weighted by atomic mass is 10.0. The zero-order valence-electron chi connectivity index (χ0n) is 30.9. The van der Waals surface area contributed by atoms with Crippen LogP contribution in [-0.2, 0) is 39.1 Å². The maximum absolute atomic E-state index is 13.1. The first-order chi connectivity index (χ1) is 28.2. The summed E-state index contributed by atoms with van der Waals surface area (Å²) in [6.45, 7) is 1.18. The second kappa shape index (κ2) is 20.5. The van der Waals surface area contributed by atoms with Crippen molar-refractivity contribution in [1.82, 2.24) is 29.4 Å². The van der Waals surface area contributed by atoms with Gasteiger partial charge in [-0.15, -0.1) is 0 Å². The third kappa shape index (κ3) is 15.4.